The van der Waals surface area contributed by atoms with E-state index in [-0.39, 0.29) is 18.0 Å². The fourth-order valence-corrected chi connectivity index (χ4v) is 4.30. The van der Waals surface area contributed by atoms with Gasteiger partial charge in [0.2, 0.25) is 0 Å². The van der Waals surface area contributed by atoms with E-state index in [2.05, 4.69) is 29.2 Å². The first-order valence-corrected chi connectivity index (χ1v) is 8.75. The van der Waals surface area contributed by atoms with Gasteiger partial charge in [0.05, 0.1) is 18.1 Å². The van der Waals surface area contributed by atoms with Crippen LogP contribution in [0.4, 0.5) is 0 Å². The first-order valence-electron chi connectivity index (χ1n) is 8.75. The number of piperidine rings is 1. The molecule has 126 valence electrons. The van der Waals surface area contributed by atoms with Crippen LogP contribution in [0.15, 0.2) is 30.3 Å². The van der Waals surface area contributed by atoms with E-state index in [1.165, 1.54) is 5.56 Å². The summed E-state index contributed by atoms with van der Waals surface area (Å²) in [4.78, 5) is 15.1. The lowest BCUT2D eigenvalue weighted by Crippen LogP contribution is -2.56. The molecule has 0 aromatic heterocycles. The van der Waals surface area contributed by atoms with Gasteiger partial charge in [-0.3, -0.25) is 9.69 Å². The van der Waals surface area contributed by atoms with E-state index in [0.717, 1.165) is 38.9 Å². The minimum Gasteiger partial charge on any atom is -0.466 e. The number of benzene rings is 1. The fraction of sp³-hybridized carbons (Fsp3) is 0.632. The van der Waals surface area contributed by atoms with Crippen molar-refractivity contribution in [3.05, 3.63) is 35.9 Å². The van der Waals surface area contributed by atoms with Gasteiger partial charge in [-0.2, -0.15) is 0 Å². The molecule has 4 nitrogen and oxygen atoms in total. The molecule has 1 N–H and O–H groups in total. The van der Waals surface area contributed by atoms with Crippen LogP contribution in [0.2, 0.25) is 0 Å². The summed E-state index contributed by atoms with van der Waals surface area (Å²) in [7, 11) is 0. The lowest BCUT2D eigenvalue weighted by Gasteiger charge is -2.50. The van der Waals surface area contributed by atoms with Crippen LogP contribution < -0.4 is 0 Å². The summed E-state index contributed by atoms with van der Waals surface area (Å²) in [5, 5.41) is 10.0. The Hall–Kier alpha value is -1.39. The van der Waals surface area contributed by atoms with Gasteiger partial charge in [-0.05, 0) is 50.6 Å². The van der Waals surface area contributed by atoms with Gasteiger partial charge >= 0.3 is 5.97 Å². The Morgan fingerprint density at radius 3 is 2.87 bits per heavy atom. The smallest absolute Gasteiger partial charge is 0.313 e. The maximum absolute atomic E-state index is 12.7. The van der Waals surface area contributed by atoms with Crippen LogP contribution in [0.3, 0.4) is 0 Å². The predicted octanol–water partition coefficient (Wildman–Crippen LogP) is 2.60. The highest BCUT2D eigenvalue weighted by molar-refractivity contribution is 5.78. The molecule has 0 radical (unpaired) electrons. The molecule has 1 saturated heterocycles. The highest BCUT2D eigenvalue weighted by atomic mass is 16.5. The third-order valence-electron chi connectivity index (χ3n) is 5.49. The standard InChI is InChI=1S/C19H27NO3/c1-2-23-18(22)19-10-8-17(21)12-16(19)9-11-20(14-19)13-15-6-4-3-5-7-15/h3-7,16-17,21H,2,8-14H2,1H3. The van der Waals surface area contributed by atoms with E-state index in [4.69, 9.17) is 4.74 Å². The summed E-state index contributed by atoms with van der Waals surface area (Å²) in [6.07, 6.45) is 2.88. The second kappa shape index (κ2) is 7.02. The Labute approximate surface area is 138 Å². The zero-order valence-electron chi connectivity index (χ0n) is 13.9. The van der Waals surface area contributed by atoms with Gasteiger partial charge < -0.3 is 9.84 Å². The minimum atomic E-state index is -0.428. The molecule has 0 amide bonds. The largest absolute Gasteiger partial charge is 0.466 e. The summed E-state index contributed by atoms with van der Waals surface area (Å²) in [6, 6.07) is 10.4. The van der Waals surface area contributed by atoms with Crippen molar-refractivity contribution in [3.8, 4) is 0 Å². The molecule has 4 heteroatoms. The summed E-state index contributed by atoms with van der Waals surface area (Å²) in [6.45, 7) is 4.89. The molecule has 1 heterocycles. The number of likely N-dealkylation sites (tertiary alicyclic amines) is 1. The molecule has 3 atom stereocenters. The molecule has 23 heavy (non-hydrogen) atoms. The van der Waals surface area contributed by atoms with Gasteiger partial charge in [-0.1, -0.05) is 30.3 Å². The summed E-state index contributed by atoms with van der Waals surface area (Å²) >= 11 is 0. The first kappa shape index (κ1) is 16.5. The zero-order chi connectivity index (χ0) is 16.3. The van der Waals surface area contributed by atoms with Crippen molar-refractivity contribution in [1.82, 2.24) is 4.90 Å². The lowest BCUT2D eigenvalue weighted by molar-refractivity contribution is -0.170. The molecular weight excluding hydrogens is 290 g/mol. The summed E-state index contributed by atoms with van der Waals surface area (Å²) in [5.41, 5.74) is 0.850. The zero-order valence-corrected chi connectivity index (χ0v) is 13.9. The normalized spacial score (nSPS) is 31.4. The molecule has 3 unspecified atom stereocenters. The number of hydrogen-bond acceptors (Lipinski definition) is 4. The van der Waals surface area contributed by atoms with E-state index in [1.54, 1.807) is 0 Å². The number of hydrogen-bond donors (Lipinski definition) is 1. The number of aliphatic hydroxyl groups excluding tert-OH is 1. The van der Waals surface area contributed by atoms with Crippen molar-refractivity contribution < 1.29 is 14.6 Å². The van der Waals surface area contributed by atoms with Crippen molar-refractivity contribution in [3.63, 3.8) is 0 Å². The third-order valence-corrected chi connectivity index (χ3v) is 5.49. The number of fused-ring (bicyclic) bond motifs is 1. The number of aliphatic hydroxyl groups is 1. The van der Waals surface area contributed by atoms with Crippen molar-refractivity contribution in [2.24, 2.45) is 11.3 Å². The first-order chi connectivity index (χ1) is 11.1. The van der Waals surface area contributed by atoms with Crippen LogP contribution in [-0.4, -0.2) is 41.8 Å². The molecule has 1 aromatic carbocycles. The van der Waals surface area contributed by atoms with Crippen molar-refractivity contribution in [1.29, 1.82) is 0 Å². The maximum Gasteiger partial charge on any atom is 0.313 e. The molecule has 3 rings (SSSR count). The predicted molar refractivity (Wildman–Crippen MR) is 88.7 cm³/mol. The Morgan fingerprint density at radius 1 is 1.35 bits per heavy atom. The topological polar surface area (TPSA) is 49.8 Å². The Bertz CT molecular complexity index is 533. The average molecular weight is 317 g/mol. The highest BCUT2D eigenvalue weighted by Crippen LogP contribution is 2.47. The van der Waals surface area contributed by atoms with Crippen molar-refractivity contribution in [2.75, 3.05) is 19.7 Å². The minimum absolute atomic E-state index is 0.0605. The van der Waals surface area contributed by atoms with Crippen LogP contribution >= 0.6 is 0 Å². The van der Waals surface area contributed by atoms with E-state index < -0.39 is 5.41 Å². The number of carbonyl (C=O) groups is 1. The molecule has 1 aromatic rings. The van der Waals surface area contributed by atoms with Gasteiger partial charge in [0.1, 0.15) is 0 Å². The molecular formula is C19H27NO3. The van der Waals surface area contributed by atoms with Crippen LogP contribution in [0.1, 0.15) is 38.2 Å². The summed E-state index contributed by atoms with van der Waals surface area (Å²) in [5.74, 6) is 0.187. The van der Waals surface area contributed by atoms with Crippen LogP contribution in [0, 0.1) is 11.3 Å². The molecule has 0 spiro atoms. The number of esters is 1. The van der Waals surface area contributed by atoms with Gasteiger partial charge in [0.25, 0.3) is 0 Å². The van der Waals surface area contributed by atoms with E-state index >= 15 is 0 Å². The van der Waals surface area contributed by atoms with Crippen molar-refractivity contribution in [2.45, 2.75) is 45.3 Å². The molecule has 2 fully saturated rings. The monoisotopic (exact) mass is 317 g/mol. The third kappa shape index (κ3) is 3.43. The number of rotatable bonds is 4. The molecule has 2 aliphatic rings. The van der Waals surface area contributed by atoms with Crippen LogP contribution in [0.5, 0.6) is 0 Å². The van der Waals surface area contributed by atoms with E-state index in [0.29, 0.717) is 13.0 Å². The number of carbonyl (C=O) groups excluding carboxylic acids is 1. The highest BCUT2D eigenvalue weighted by Gasteiger charge is 2.52. The molecule has 1 aliphatic heterocycles. The number of nitrogens with zero attached hydrogens (tertiary/aromatic N) is 1. The SMILES string of the molecule is CCOC(=O)C12CCC(O)CC1CCN(Cc1ccccc1)C2. The Kier molecular flexibility index (Phi) is 5.02. The molecule has 1 aliphatic carbocycles. The van der Waals surface area contributed by atoms with Crippen LogP contribution in [-0.2, 0) is 16.1 Å². The second-order valence-electron chi connectivity index (χ2n) is 6.99. The molecule has 0 bridgehead atoms. The van der Waals surface area contributed by atoms with Crippen LogP contribution in [0.25, 0.3) is 0 Å². The van der Waals surface area contributed by atoms with Gasteiger partial charge in [0, 0.05) is 13.1 Å². The number of ether oxygens (including phenoxy) is 1. The van der Waals surface area contributed by atoms with Gasteiger partial charge in [-0.15, -0.1) is 0 Å². The molecule has 1 saturated carbocycles. The Balaban J connectivity index is 1.77. The second-order valence-corrected chi connectivity index (χ2v) is 6.99. The van der Waals surface area contributed by atoms with E-state index in [9.17, 15) is 9.90 Å². The van der Waals surface area contributed by atoms with E-state index in [1.807, 2.05) is 13.0 Å². The lowest BCUT2D eigenvalue weighted by atomic mass is 9.62. The van der Waals surface area contributed by atoms with Crippen molar-refractivity contribution >= 4 is 5.97 Å². The quantitative estimate of drug-likeness (QED) is 0.867. The fourth-order valence-electron chi connectivity index (χ4n) is 4.30. The summed E-state index contributed by atoms with van der Waals surface area (Å²) < 4.78 is 5.43. The Morgan fingerprint density at radius 2 is 2.13 bits per heavy atom. The average Bonchev–Trinajstić information content (AvgIpc) is 2.56. The van der Waals surface area contributed by atoms with Gasteiger partial charge in [-0.25, -0.2) is 0 Å². The maximum atomic E-state index is 12.7. The van der Waals surface area contributed by atoms with Gasteiger partial charge in [0.15, 0.2) is 0 Å².